The second-order valence-electron chi connectivity index (χ2n) is 5.48. The van der Waals surface area contributed by atoms with Crippen molar-refractivity contribution in [1.29, 1.82) is 0 Å². The fourth-order valence-electron chi connectivity index (χ4n) is 2.21. The van der Waals surface area contributed by atoms with Gasteiger partial charge in [-0.2, -0.15) is 5.10 Å². The van der Waals surface area contributed by atoms with Gasteiger partial charge in [0.25, 0.3) is 5.91 Å². The summed E-state index contributed by atoms with van der Waals surface area (Å²) in [5.74, 6) is 0.161. The van der Waals surface area contributed by atoms with E-state index in [1.165, 1.54) is 0 Å². The second-order valence-corrected chi connectivity index (χ2v) is 6.77. The first-order valence-electron chi connectivity index (χ1n) is 7.71. The molecule has 0 aliphatic heterocycles. The molecule has 0 saturated carbocycles. The Hall–Kier alpha value is -2.45. The van der Waals surface area contributed by atoms with Crippen LogP contribution in [0.4, 0.5) is 0 Å². The number of rotatable bonds is 6. The van der Waals surface area contributed by atoms with Crippen LogP contribution in [-0.2, 0) is 11.3 Å². The molecular weight excluding hydrogens is 422 g/mol. The smallest absolute Gasteiger partial charge is 0.277 e. The molecule has 0 aliphatic carbocycles. The van der Waals surface area contributed by atoms with E-state index >= 15 is 0 Å². The average molecular weight is 437 g/mol. The number of nitrogens with one attached hydrogen (secondary N) is 1. The van der Waals surface area contributed by atoms with Gasteiger partial charge in [-0.1, -0.05) is 28.9 Å². The quantitative estimate of drug-likeness (QED) is 0.474. The number of hydrogen-bond acceptors (Lipinski definition) is 5. The van der Waals surface area contributed by atoms with E-state index in [1.807, 2.05) is 24.3 Å². The fourth-order valence-corrected chi connectivity index (χ4v) is 3.01. The van der Waals surface area contributed by atoms with E-state index in [1.54, 1.807) is 29.8 Å². The highest BCUT2D eigenvalue weighted by Gasteiger charge is 2.07. The molecule has 3 aromatic rings. The zero-order chi connectivity index (χ0) is 18.5. The van der Waals surface area contributed by atoms with Gasteiger partial charge in [-0.25, -0.2) is 10.1 Å². The lowest BCUT2D eigenvalue weighted by molar-refractivity contribution is -0.123. The molecule has 1 N–H and O–H groups in total. The lowest BCUT2D eigenvalue weighted by atomic mass is 10.3. The molecule has 1 amide bonds. The first-order chi connectivity index (χ1) is 12.5. The van der Waals surface area contributed by atoms with E-state index in [0.717, 1.165) is 11.0 Å². The van der Waals surface area contributed by atoms with Crippen molar-refractivity contribution in [3.05, 3.63) is 52.0 Å². The number of nitrogens with zero attached hydrogens (tertiary/aromatic N) is 4. The summed E-state index contributed by atoms with van der Waals surface area (Å²) in [5, 5.41) is 12.8. The molecule has 0 unspecified atom stereocenters. The number of aromatic nitrogens is 3. The third kappa shape index (κ3) is 4.59. The number of ether oxygens (including phenoxy) is 1. The second kappa shape index (κ2) is 8.29. The van der Waals surface area contributed by atoms with Crippen LogP contribution in [0.2, 0.25) is 5.02 Å². The van der Waals surface area contributed by atoms with E-state index in [9.17, 15) is 4.79 Å². The van der Waals surface area contributed by atoms with E-state index in [-0.39, 0.29) is 12.5 Å². The number of carbonyl (C=O) groups excluding carboxylic acids is 1. The lowest BCUT2D eigenvalue weighted by Crippen LogP contribution is -2.26. The SMILES string of the molecule is C/C(Cn1nnc2ccccc21)=N/NC(=O)COc1ccc(Cl)cc1Br. The van der Waals surface area contributed by atoms with Gasteiger partial charge in [-0.3, -0.25) is 4.79 Å². The molecule has 0 aliphatic rings. The third-order valence-corrected chi connectivity index (χ3v) is 4.28. The first kappa shape index (κ1) is 18.3. The van der Waals surface area contributed by atoms with Gasteiger partial charge in [0.05, 0.1) is 22.2 Å². The number of amides is 1. The van der Waals surface area contributed by atoms with Crippen LogP contribution in [0, 0.1) is 0 Å². The molecule has 1 aromatic heterocycles. The van der Waals surface area contributed by atoms with Crippen molar-refractivity contribution in [3.8, 4) is 5.75 Å². The highest BCUT2D eigenvalue weighted by Crippen LogP contribution is 2.27. The van der Waals surface area contributed by atoms with Crippen molar-refractivity contribution in [2.24, 2.45) is 5.10 Å². The number of carbonyl (C=O) groups is 1. The van der Waals surface area contributed by atoms with Gasteiger partial charge in [0.2, 0.25) is 0 Å². The molecule has 3 rings (SSSR count). The van der Waals surface area contributed by atoms with Crippen molar-refractivity contribution >= 4 is 50.2 Å². The molecule has 0 radical (unpaired) electrons. The predicted octanol–water partition coefficient (Wildman–Crippen LogP) is 3.42. The highest BCUT2D eigenvalue weighted by molar-refractivity contribution is 9.10. The van der Waals surface area contributed by atoms with Gasteiger partial charge < -0.3 is 4.74 Å². The van der Waals surface area contributed by atoms with Crippen molar-refractivity contribution < 1.29 is 9.53 Å². The van der Waals surface area contributed by atoms with Gasteiger partial charge in [-0.05, 0) is 53.2 Å². The number of hydrogen-bond donors (Lipinski definition) is 1. The van der Waals surface area contributed by atoms with Gasteiger partial charge >= 0.3 is 0 Å². The van der Waals surface area contributed by atoms with Crippen LogP contribution < -0.4 is 10.2 Å². The van der Waals surface area contributed by atoms with E-state index < -0.39 is 0 Å². The molecule has 2 aromatic carbocycles. The third-order valence-electron chi connectivity index (χ3n) is 3.42. The summed E-state index contributed by atoms with van der Waals surface area (Å²) in [4.78, 5) is 11.9. The zero-order valence-electron chi connectivity index (χ0n) is 13.8. The topological polar surface area (TPSA) is 81.4 Å². The Bertz CT molecular complexity index is 973. The van der Waals surface area contributed by atoms with Crippen molar-refractivity contribution in [1.82, 2.24) is 20.4 Å². The van der Waals surface area contributed by atoms with Crippen LogP contribution in [0.15, 0.2) is 52.0 Å². The molecule has 0 atom stereocenters. The lowest BCUT2D eigenvalue weighted by Gasteiger charge is -2.08. The summed E-state index contributed by atoms with van der Waals surface area (Å²) in [7, 11) is 0. The highest BCUT2D eigenvalue weighted by atomic mass is 79.9. The number of hydrazone groups is 1. The minimum Gasteiger partial charge on any atom is -0.483 e. The van der Waals surface area contributed by atoms with E-state index in [4.69, 9.17) is 16.3 Å². The molecule has 9 heteroatoms. The monoisotopic (exact) mass is 435 g/mol. The Morgan fingerprint density at radius 1 is 1.35 bits per heavy atom. The summed E-state index contributed by atoms with van der Waals surface area (Å²) < 4.78 is 7.84. The predicted molar refractivity (Wildman–Crippen MR) is 103 cm³/mol. The van der Waals surface area contributed by atoms with Gasteiger partial charge in [0.1, 0.15) is 11.3 Å². The number of para-hydroxylation sites is 1. The van der Waals surface area contributed by atoms with Crippen LogP contribution in [0.5, 0.6) is 5.75 Å². The minimum absolute atomic E-state index is 0.163. The molecular formula is C17H15BrClN5O2. The minimum atomic E-state index is -0.366. The van der Waals surface area contributed by atoms with Crippen LogP contribution in [0.3, 0.4) is 0 Å². The number of halogens is 2. The maximum absolute atomic E-state index is 11.9. The summed E-state index contributed by atoms with van der Waals surface area (Å²) in [6.45, 7) is 2.06. The Morgan fingerprint density at radius 2 is 2.15 bits per heavy atom. The maximum atomic E-state index is 11.9. The van der Waals surface area contributed by atoms with Gasteiger partial charge in [0, 0.05) is 5.02 Å². The zero-order valence-corrected chi connectivity index (χ0v) is 16.2. The average Bonchev–Trinajstić information content (AvgIpc) is 3.02. The number of fused-ring (bicyclic) bond motifs is 1. The Labute approximate surface area is 163 Å². The van der Waals surface area contributed by atoms with E-state index in [0.29, 0.717) is 27.5 Å². The normalized spacial score (nSPS) is 11.6. The number of benzene rings is 2. The molecule has 7 nitrogen and oxygen atoms in total. The summed E-state index contributed by atoms with van der Waals surface area (Å²) in [5.41, 5.74) is 4.87. The van der Waals surface area contributed by atoms with Gasteiger partial charge in [-0.15, -0.1) is 5.10 Å². The van der Waals surface area contributed by atoms with Gasteiger partial charge in [0.15, 0.2) is 6.61 Å². The van der Waals surface area contributed by atoms with Crippen molar-refractivity contribution in [2.45, 2.75) is 13.5 Å². The van der Waals surface area contributed by atoms with E-state index in [2.05, 4.69) is 36.8 Å². The Morgan fingerprint density at radius 3 is 2.96 bits per heavy atom. The van der Waals surface area contributed by atoms with Crippen molar-refractivity contribution in [2.75, 3.05) is 6.61 Å². The van der Waals surface area contributed by atoms with Crippen LogP contribution >= 0.6 is 27.5 Å². The molecule has 0 fully saturated rings. The molecule has 0 saturated heterocycles. The molecule has 0 spiro atoms. The van der Waals surface area contributed by atoms with Crippen LogP contribution in [0.25, 0.3) is 11.0 Å². The van der Waals surface area contributed by atoms with Crippen LogP contribution in [0.1, 0.15) is 6.92 Å². The molecule has 0 bridgehead atoms. The molecule has 26 heavy (non-hydrogen) atoms. The molecule has 1 heterocycles. The summed E-state index contributed by atoms with van der Waals surface area (Å²) in [6.07, 6.45) is 0. The van der Waals surface area contributed by atoms with Crippen molar-refractivity contribution in [3.63, 3.8) is 0 Å². The maximum Gasteiger partial charge on any atom is 0.277 e. The Balaban J connectivity index is 1.54. The van der Waals surface area contributed by atoms with Crippen LogP contribution in [-0.4, -0.2) is 33.2 Å². The Kier molecular flexibility index (Phi) is 5.85. The standard InChI is InChI=1S/C17H15BrClN5O2/c1-11(9-24-15-5-3-2-4-14(15)21-23-24)20-22-17(25)10-26-16-7-6-12(19)8-13(16)18/h2-8H,9-10H2,1H3,(H,22,25)/b20-11-. The summed E-state index contributed by atoms with van der Waals surface area (Å²) >= 11 is 9.19. The molecule has 134 valence electrons. The first-order valence-corrected chi connectivity index (χ1v) is 8.88. The fraction of sp³-hybridized carbons (Fsp3) is 0.176. The largest absolute Gasteiger partial charge is 0.483 e. The summed E-state index contributed by atoms with van der Waals surface area (Å²) in [6, 6.07) is 12.7.